The van der Waals surface area contributed by atoms with E-state index in [9.17, 15) is 9.59 Å². The topological polar surface area (TPSA) is 94.3 Å². The standard InChI is InChI=1S/C8H10N2O4.ClH/c11-7(12)2-1-6(8(13)14)10-4-3-9-5-10;/h3-6H,1-2H2,(H2,11,12,13,14);1H. The Morgan fingerprint density at radius 1 is 1.40 bits per heavy atom. The molecule has 1 aromatic heterocycles. The maximum Gasteiger partial charge on any atom is 0.349 e. The first-order valence-corrected chi connectivity index (χ1v) is 4.09. The lowest BCUT2D eigenvalue weighted by Crippen LogP contribution is -3.00. The van der Waals surface area contributed by atoms with E-state index in [-0.39, 0.29) is 25.2 Å². The van der Waals surface area contributed by atoms with Crippen LogP contribution in [-0.2, 0) is 9.59 Å². The van der Waals surface area contributed by atoms with Crippen LogP contribution in [0.25, 0.3) is 0 Å². The number of carboxylic acid groups (broad SMARTS) is 2. The van der Waals surface area contributed by atoms with Gasteiger partial charge in [-0.2, -0.15) is 0 Å². The number of rotatable bonds is 5. The Morgan fingerprint density at radius 2 is 2.07 bits per heavy atom. The summed E-state index contributed by atoms with van der Waals surface area (Å²) in [6.45, 7) is 0. The Balaban J connectivity index is 0.00000196. The summed E-state index contributed by atoms with van der Waals surface area (Å²) in [5.74, 6) is -2.02. The molecule has 1 unspecified atom stereocenters. The first kappa shape index (κ1) is 13.4. The van der Waals surface area contributed by atoms with Crippen LogP contribution in [-0.4, -0.2) is 27.1 Å². The van der Waals surface area contributed by atoms with Gasteiger partial charge in [0.1, 0.15) is 12.4 Å². The monoisotopic (exact) mass is 234 g/mol. The molecule has 0 saturated heterocycles. The van der Waals surface area contributed by atoms with Crippen molar-refractivity contribution in [3.63, 3.8) is 0 Å². The van der Waals surface area contributed by atoms with E-state index in [0.29, 0.717) is 0 Å². The summed E-state index contributed by atoms with van der Waals surface area (Å²) in [6, 6.07) is -0.822. The average molecular weight is 235 g/mol. The molecular formula is C8H11ClN2O4. The van der Waals surface area contributed by atoms with Gasteiger partial charge in [-0.05, 0) is 0 Å². The van der Waals surface area contributed by atoms with Crippen molar-refractivity contribution >= 4 is 11.9 Å². The van der Waals surface area contributed by atoms with Crippen molar-refractivity contribution in [2.75, 3.05) is 0 Å². The predicted octanol–water partition coefficient (Wildman–Crippen LogP) is -3.20. The number of halogens is 1. The number of carboxylic acids is 2. The van der Waals surface area contributed by atoms with Crippen molar-refractivity contribution < 1.29 is 36.8 Å². The minimum atomic E-state index is -1.03. The number of H-pyrrole nitrogens is 1. The molecule has 1 atom stereocenters. The van der Waals surface area contributed by atoms with Gasteiger partial charge in [-0.15, -0.1) is 0 Å². The molecule has 6 nitrogen and oxygen atoms in total. The molecule has 7 heteroatoms. The predicted molar refractivity (Wildman–Crippen MR) is 44.5 cm³/mol. The summed E-state index contributed by atoms with van der Waals surface area (Å²) in [6.07, 6.45) is 4.54. The van der Waals surface area contributed by atoms with E-state index >= 15 is 0 Å². The number of hydrogen-bond acceptors (Lipinski definition) is 2. The molecule has 0 aromatic carbocycles. The molecule has 1 aromatic rings. The number of nitrogens with zero attached hydrogens (tertiary/aromatic N) is 1. The van der Waals surface area contributed by atoms with Gasteiger partial charge in [0.05, 0.1) is 0 Å². The zero-order valence-corrected chi connectivity index (χ0v) is 8.52. The van der Waals surface area contributed by atoms with Gasteiger partial charge < -0.3 is 22.6 Å². The number of hydrogen-bond donors (Lipinski definition) is 3. The normalized spacial score (nSPS) is 11.5. The SMILES string of the molecule is O=C(O)CCC(C(=O)O)[n+]1cc[nH]c1.[Cl-]. The molecular weight excluding hydrogens is 224 g/mol. The lowest BCUT2D eigenvalue weighted by Gasteiger charge is -2.06. The van der Waals surface area contributed by atoms with Gasteiger partial charge in [0.2, 0.25) is 6.33 Å². The second-order valence-electron chi connectivity index (χ2n) is 2.85. The Morgan fingerprint density at radius 3 is 2.47 bits per heavy atom. The molecule has 0 radical (unpaired) electrons. The van der Waals surface area contributed by atoms with Gasteiger partial charge in [0.25, 0.3) is 0 Å². The molecule has 15 heavy (non-hydrogen) atoms. The van der Waals surface area contributed by atoms with E-state index in [2.05, 4.69) is 4.98 Å². The molecule has 84 valence electrons. The summed E-state index contributed by atoms with van der Waals surface area (Å²) < 4.78 is 1.44. The fourth-order valence-corrected chi connectivity index (χ4v) is 1.16. The highest BCUT2D eigenvalue weighted by atomic mass is 35.5. The van der Waals surface area contributed by atoms with Crippen LogP contribution < -0.4 is 17.0 Å². The molecule has 0 aliphatic carbocycles. The van der Waals surface area contributed by atoms with Crippen LogP contribution in [0.5, 0.6) is 0 Å². The highest BCUT2D eigenvalue weighted by molar-refractivity contribution is 5.72. The highest BCUT2D eigenvalue weighted by Crippen LogP contribution is 2.06. The molecule has 0 saturated carbocycles. The van der Waals surface area contributed by atoms with Crippen LogP contribution in [0.1, 0.15) is 18.9 Å². The van der Waals surface area contributed by atoms with E-state index in [0.717, 1.165) is 0 Å². The third-order valence-corrected chi connectivity index (χ3v) is 1.84. The zero-order valence-electron chi connectivity index (χ0n) is 7.76. The molecule has 1 rings (SSSR count). The Labute approximate surface area is 92.0 Å². The second kappa shape index (κ2) is 6.02. The molecule has 1 heterocycles. The van der Waals surface area contributed by atoms with E-state index in [1.807, 2.05) is 0 Å². The lowest BCUT2D eigenvalue weighted by molar-refractivity contribution is -0.710. The molecule has 3 N–H and O–H groups in total. The van der Waals surface area contributed by atoms with Crippen molar-refractivity contribution in [3.05, 3.63) is 18.7 Å². The van der Waals surface area contributed by atoms with Crippen LogP contribution in [0.3, 0.4) is 0 Å². The van der Waals surface area contributed by atoms with E-state index in [4.69, 9.17) is 10.2 Å². The fraction of sp³-hybridized carbons (Fsp3) is 0.375. The molecule has 0 bridgehead atoms. The Hall–Kier alpha value is -1.56. The third kappa shape index (κ3) is 3.99. The lowest BCUT2D eigenvalue weighted by atomic mass is 10.1. The number of imidazole rings is 1. The van der Waals surface area contributed by atoms with Crippen molar-refractivity contribution in [1.29, 1.82) is 0 Å². The first-order valence-electron chi connectivity index (χ1n) is 4.09. The minimum Gasteiger partial charge on any atom is -1.00 e. The molecule has 0 spiro atoms. The molecule has 0 fully saturated rings. The summed E-state index contributed by atoms with van der Waals surface area (Å²) >= 11 is 0. The van der Waals surface area contributed by atoms with Gasteiger partial charge >= 0.3 is 11.9 Å². The van der Waals surface area contributed by atoms with Crippen LogP contribution in [0.15, 0.2) is 18.7 Å². The Bertz CT molecular complexity index is 325. The third-order valence-electron chi connectivity index (χ3n) is 1.84. The summed E-state index contributed by atoms with van der Waals surface area (Å²) in [5.41, 5.74) is 0. The number of carbonyl (C=O) groups is 2. The average Bonchev–Trinajstić information content (AvgIpc) is 2.56. The molecule has 0 amide bonds. The van der Waals surface area contributed by atoms with Crippen molar-refractivity contribution in [1.82, 2.24) is 4.98 Å². The maximum atomic E-state index is 10.8. The zero-order chi connectivity index (χ0) is 10.6. The molecule has 0 aliphatic heterocycles. The van der Waals surface area contributed by atoms with Crippen molar-refractivity contribution in [2.45, 2.75) is 18.9 Å². The van der Waals surface area contributed by atoms with Crippen molar-refractivity contribution in [3.8, 4) is 0 Å². The van der Waals surface area contributed by atoms with Gasteiger partial charge in [0, 0.05) is 12.8 Å². The number of aliphatic carboxylic acids is 2. The van der Waals surface area contributed by atoms with Gasteiger partial charge in [-0.3, -0.25) is 9.78 Å². The summed E-state index contributed by atoms with van der Waals surface area (Å²) in [5, 5.41) is 17.3. The fourth-order valence-electron chi connectivity index (χ4n) is 1.16. The Kier molecular flexibility index (Phi) is 5.40. The van der Waals surface area contributed by atoms with E-state index in [1.165, 1.54) is 10.9 Å². The smallest absolute Gasteiger partial charge is 0.349 e. The quantitative estimate of drug-likeness (QED) is 0.468. The highest BCUT2D eigenvalue weighted by Gasteiger charge is 2.24. The van der Waals surface area contributed by atoms with Gasteiger partial charge in [0.15, 0.2) is 6.04 Å². The van der Waals surface area contributed by atoms with Crippen LogP contribution in [0, 0.1) is 0 Å². The van der Waals surface area contributed by atoms with Gasteiger partial charge in [-0.25, -0.2) is 9.36 Å². The summed E-state index contributed by atoms with van der Waals surface area (Å²) in [4.78, 5) is 23.8. The van der Waals surface area contributed by atoms with Gasteiger partial charge in [-0.1, -0.05) is 0 Å². The number of nitrogens with one attached hydrogen (secondary N) is 1. The number of aromatic nitrogens is 2. The first-order chi connectivity index (χ1) is 6.61. The van der Waals surface area contributed by atoms with E-state index in [1.54, 1.807) is 12.4 Å². The maximum absolute atomic E-state index is 10.8. The van der Waals surface area contributed by atoms with Crippen LogP contribution in [0.4, 0.5) is 0 Å². The largest absolute Gasteiger partial charge is 1.00 e. The second-order valence-corrected chi connectivity index (χ2v) is 2.85. The van der Waals surface area contributed by atoms with Crippen LogP contribution >= 0.6 is 0 Å². The molecule has 0 aliphatic rings. The van der Waals surface area contributed by atoms with E-state index < -0.39 is 18.0 Å². The summed E-state index contributed by atoms with van der Waals surface area (Å²) in [7, 11) is 0. The number of aromatic amines is 1. The van der Waals surface area contributed by atoms with Crippen LogP contribution in [0.2, 0.25) is 0 Å². The van der Waals surface area contributed by atoms with Crippen molar-refractivity contribution in [2.24, 2.45) is 0 Å². The minimum absolute atomic E-state index is 0.